The third kappa shape index (κ3) is 33.4. The Bertz CT molecular complexity index is 3130. The number of phenolic OH excluding ortho intramolecular Hbond substituents is 3. The summed E-state index contributed by atoms with van der Waals surface area (Å²) in [5.74, 6) is 2.61. The van der Waals surface area contributed by atoms with Crippen LogP contribution in [0.15, 0.2) is 54.6 Å². The molecule has 18 heteroatoms. The van der Waals surface area contributed by atoms with Gasteiger partial charge in [-0.3, -0.25) is 0 Å². The molecular formula is C90H138N6O9S3. The molecule has 108 heavy (non-hydrogen) atoms. The second-order valence-corrected chi connectivity index (χ2v) is 32.9. The van der Waals surface area contributed by atoms with Crippen molar-refractivity contribution in [3.05, 3.63) is 54.6 Å². The minimum absolute atomic E-state index is 0.00566. The van der Waals surface area contributed by atoms with E-state index in [0.717, 1.165) is 93.7 Å². The van der Waals surface area contributed by atoms with Gasteiger partial charge in [0.15, 0.2) is 34.5 Å². The first-order valence-electron chi connectivity index (χ1n) is 43.2. The lowest BCUT2D eigenvalue weighted by Crippen LogP contribution is -2.03. The average Bonchev–Trinajstić information content (AvgIpc) is 1.60. The molecule has 0 amide bonds. The third-order valence-corrected chi connectivity index (χ3v) is 23.4. The van der Waals surface area contributed by atoms with Gasteiger partial charge in [0.25, 0.3) is 0 Å². The van der Waals surface area contributed by atoms with Crippen LogP contribution in [0, 0.1) is 0 Å². The Morgan fingerprint density at radius 3 is 0.546 bits per heavy atom. The Labute approximate surface area is 663 Å². The Morgan fingerprint density at radius 2 is 0.361 bits per heavy atom. The fourth-order valence-electron chi connectivity index (χ4n) is 13.7. The van der Waals surface area contributed by atoms with Gasteiger partial charge in [-0.1, -0.05) is 345 Å². The molecule has 0 atom stereocenters. The van der Waals surface area contributed by atoms with E-state index in [2.05, 4.69) is 59.7 Å². The molecule has 0 fully saturated rings. The van der Waals surface area contributed by atoms with Crippen molar-refractivity contribution in [2.45, 2.75) is 350 Å². The fraction of sp³-hybridized carbons (Fsp3) is 0.667. The second kappa shape index (κ2) is 55.2. The van der Waals surface area contributed by atoms with Crippen molar-refractivity contribution in [2.75, 3.05) is 39.6 Å². The number of aromatic nitrogens is 6. The zero-order valence-electron chi connectivity index (χ0n) is 67.6. The highest BCUT2D eigenvalue weighted by molar-refractivity contribution is 7.19. The summed E-state index contributed by atoms with van der Waals surface area (Å²) in [6.45, 7) is 16.5. The summed E-state index contributed by atoms with van der Waals surface area (Å²) >= 11 is 4.24. The Morgan fingerprint density at radius 1 is 0.204 bits per heavy atom. The van der Waals surface area contributed by atoms with Gasteiger partial charge in [-0.2, -0.15) is 0 Å². The number of hydrogen-bond donors (Lipinski definition) is 3. The number of ether oxygens (including phenoxy) is 6. The van der Waals surface area contributed by atoms with Crippen LogP contribution in [0.5, 0.6) is 51.7 Å². The molecule has 0 aliphatic heterocycles. The number of unbranched alkanes of at least 4 members (excludes halogenated alkanes) is 42. The molecule has 600 valence electrons. The van der Waals surface area contributed by atoms with Crippen LogP contribution in [-0.2, 0) is 0 Å². The van der Waals surface area contributed by atoms with Gasteiger partial charge in [0, 0.05) is 33.4 Å². The summed E-state index contributed by atoms with van der Waals surface area (Å²) in [5, 5.41) is 68.2. The molecule has 0 bridgehead atoms. The molecule has 3 heterocycles. The van der Waals surface area contributed by atoms with E-state index < -0.39 is 0 Å². The summed E-state index contributed by atoms with van der Waals surface area (Å²) in [6, 6.07) is 17.1. The number of benzene rings is 4. The van der Waals surface area contributed by atoms with Gasteiger partial charge in [0.2, 0.25) is 17.2 Å². The predicted molar refractivity (Wildman–Crippen MR) is 453 cm³/mol. The maximum Gasteiger partial charge on any atom is 0.203 e. The predicted octanol–water partition coefficient (Wildman–Crippen LogP) is 28.5. The molecule has 3 aromatic heterocycles. The lowest BCUT2D eigenvalue weighted by atomic mass is 10.1. The van der Waals surface area contributed by atoms with E-state index >= 15 is 0 Å². The Hall–Kier alpha value is -6.24. The first-order chi connectivity index (χ1) is 53.2. The minimum atomic E-state index is 0.00566. The van der Waals surface area contributed by atoms with Crippen molar-refractivity contribution >= 4 is 34.0 Å². The molecule has 7 aromatic rings. The maximum absolute atomic E-state index is 11.8. The van der Waals surface area contributed by atoms with E-state index in [1.54, 1.807) is 18.2 Å². The molecule has 0 saturated heterocycles. The number of hydrogen-bond acceptors (Lipinski definition) is 18. The first kappa shape index (κ1) is 89.0. The van der Waals surface area contributed by atoms with E-state index in [1.165, 1.54) is 265 Å². The molecule has 3 N–H and O–H groups in total. The van der Waals surface area contributed by atoms with Crippen molar-refractivity contribution in [3.63, 3.8) is 0 Å². The van der Waals surface area contributed by atoms with Crippen molar-refractivity contribution in [2.24, 2.45) is 0 Å². The van der Waals surface area contributed by atoms with Crippen LogP contribution in [0.25, 0.3) is 63.4 Å². The normalized spacial score (nSPS) is 11.5. The van der Waals surface area contributed by atoms with Crippen molar-refractivity contribution in [3.8, 4) is 115 Å². The quantitative estimate of drug-likeness (QED) is 0.0305. The molecule has 0 radical (unpaired) electrons. The third-order valence-electron chi connectivity index (χ3n) is 20.3. The van der Waals surface area contributed by atoms with E-state index in [-0.39, 0.29) is 17.2 Å². The minimum Gasteiger partial charge on any atom is -0.504 e. The summed E-state index contributed by atoms with van der Waals surface area (Å²) in [7, 11) is 0. The van der Waals surface area contributed by atoms with E-state index in [4.69, 9.17) is 59.0 Å². The molecule has 0 unspecified atom stereocenters. The van der Waals surface area contributed by atoms with E-state index in [0.29, 0.717) is 121 Å². The fourth-order valence-corrected chi connectivity index (χ4v) is 16.2. The highest BCUT2D eigenvalue weighted by Crippen LogP contribution is 2.48. The van der Waals surface area contributed by atoms with Gasteiger partial charge in [-0.05, 0) is 93.1 Å². The van der Waals surface area contributed by atoms with Crippen LogP contribution in [0.4, 0.5) is 0 Å². The highest BCUT2D eigenvalue weighted by Gasteiger charge is 2.24. The van der Waals surface area contributed by atoms with Gasteiger partial charge < -0.3 is 43.7 Å². The molecule has 0 spiro atoms. The summed E-state index contributed by atoms with van der Waals surface area (Å²) in [6.07, 6.45) is 56.8. The SMILES string of the molecule is CCCCCCCCCCOc1cc(-c2nnc(-c3cc(-c4nnc(-c5cc(O)c(OCCCCCCCCCC)c(OCCCCCCCCCC)c5)s4)cc(-c4nnc(-c5cc(O)c(OCCCCCCCCCC)c(OCCCCCCCCCC)c5)s4)c3)s2)cc(O)c1OCCCCCCCCCC. The molecule has 0 aliphatic carbocycles. The summed E-state index contributed by atoms with van der Waals surface area (Å²) < 4.78 is 38.8. The first-order valence-corrected chi connectivity index (χ1v) is 45.7. The zero-order valence-corrected chi connectivity index (χ0v) is 70.0. The van der Waals surface area contributed by atoms with Crippen molar-refractivity contribution in [1.82, 2.24) is 30.6 Å². The average molecular weight is 1540 g/mol. The van der Waals surface area contributed by atoms with Crippen LogP contribution in [0.3, 0.4) is 0 Å². The van der Waals surface area contributed by atoms with Gasteiger partial charge in [-0.25, -0.2) is 0 Å². The second-order valence-electron chi connectivity index (χ2n) is 29.9. The van der Waals surface area contributed by atoms with Gasteiger partial charge in [0.05, 0.1) is 39.6 Å². The van der Waals surface area contributed by atoms with Crippen LogP contribution in [-0.4, -0.2) is 85.6 Å². The molecule has 0 aliphatic rings. The topological polar surface area (TPSA) is 193 Å². The van der Waals surface area contributed by atoms with E-state index in [9.17, 15) is 15.3 Å². The maximum atomic E-state index is 11.8. The number of aromatic hydroxyl groups is 3. The Kier molecular flexibility index (Phi) is 45.5. The summed E-state index contributed by atoms with van der Waals surface area (Å²) in [4.78, 5) is 0. The van der Waals surface area contributed by atoms with E-state index in [1.807, 2.05) is 18.2 Å². The molecule has 7 rings (SSSR count). The Balaban J connectivity index is 1.21. The summed E-state index contributed by atoms with van der Waals surface area (Å²) in [5.41, 5.74) is 4.30. The molecule has 4 aromatic carbocycles. The molecule has 0 saturated carbocycles. The van der Waals surface area contributed by atoms with Crippen LogP contribution >= 0.6 is 34.0 Å². The number of phenols is 3. The molecular weight excluding hydrogens is 1410 g/mol. The lowest BCUT2D eigenvalue weighted by molar-refractivity contribution is 0.249. The standard InChI is InChI=1S/C90H138N6O9S3/c1-7-13-19-25-31-37-43-49-55-100-79-67-73(64-76(97)82(79)103-58-52-46-40-34-28-22-16-10-4)88-94-91-85(106-88)70-61-71(86-92-95-89(107-86)74-65-77(98)83(104-59-53-47-41-35-29-23-17-11-5)80(68-74)101-56-50-44-38-32-26-20-14-8-2)63-72(62-70)87-93-96-90(108-87)75-66-78(99)84(105-60-54-48-42-36-30-24-18-12-6)81(69-75)102-57-51-45-39-33-27-21-15-9-3/h61-69,97-99H,7-60H2,1-6H3. The highest BCUT2D eigenvalue weighted by atomic mass is 32.1. The van der Waals surface area contributed by atoms with Crippen LogP contribution in [0.2, 0.25) is 0 Å². The van der Waals surface area contributed by atoms with Crippen molar-refractivity contribution < 1.29 is 43.7 Å². The van der Waals surface area contributed by atoms with Crippen LogP contribution in [0.1, 0.15) is 350 Å². The number of nitrogens with zero attached hydrogens (tertiary/aromatic N) is 6. The van der Waals surface area contributed by atoms with Gasteiger partial charge in [0.1, 0.15) is 30.0 Å². The zero-order chi connectivity index (χ0) is 76.3. The van der Waals surface area contributed by atoms with Crippen molar-refractivity contribution in [1.29, 1.82) is 0 Å². The lowest BCUT2D eigenvalue weighted by Gasteiger charge is -2.15. The largest absolute Gasteiger partial charge is 0.504 e. The molecule has 15 nitrogen and oxygen atoms in total. The van der Waals surface area contributed by atoms with Crippen LogP contribution < -0.4 is 28.4 Å². The smallest absolute Gasteiger partial charge is 0.203 e. The van der Waals surface area contributed by atoms with Gasteiger partial charge >= 0.3 is 0 Å². The monoisotopic (exact) mass is 1540 g/mol. The van der Waals surface area contributed by atoms with Gasteiger partial charge in [-0.15, -0.1) is 30.6 Å². The number of rotatable bonds is 66.